The van der Waals surface area contributed by atoms with Gasteiger partial charge in [-0.1, -0.05) is 93.4 Å². The van der Waals surface area contributed by atoms with Gasteiger partial charge in [0, 0.05) is 22.5 Å². The third-order valence-corrected chi connectivity index (χ3v) is 9.54. The van der Waals surface area contributed by atoms with E-state index in [0.717, 1.165) is 33.8 Å². The van der Waals surface area contributed by atoms with Gasteiger partial charge in [-0.2, -0.15) is 0 Å². The summed E-state index contributed by atoms with van der Waals surface area (Å²) >= 11 is 7.43. The summed E-state index contributed by atoms with van der Waals surface area (Å²) < 4.78 is 35.4. The fraction of sp³-hybridized carbons (Fsp3) is 0.300. The van der Waals surface area contributed by atoms with E-state index in [4.69, 9.17) is 16.3 Å². The average molecular weight is 614 g/mol. The Morgan fingerprint density at radius 3 is 2.46 bits per heavy atom. The highest BCUT2D eigenvalue weighted by Gasteiger charge is 2.26. The number of aldehydes is 1. The third-order valence-electron chi connectivity index (χ3n) is 6.26. The van der Waals surface area contributed by atoms with Crippen LogP contribution in [-0.2, 0) is 27.7 Å². The second kappa shape index (κ2) is 13.5. The summed E-state index contributed by atoms with van der Waals surface area (Å²) in [5.41, 5.74) is 3.15. The van der Waals surface area contributed by atoms with Crippen LogP contribution in [0.2, 0.25) is 5.15 Å². The number of hydrogen-bond acceptors (Lipinski definition) is 7. The Balaban J connectivity index is 1.65. The van der Waals surface area contributed by atoms with E-state index in [2.05, 4.69) is 23.6 Å². The second-order valence-corrected chi connectivity index (χ2v) is 13.4. The molecule has 2 aromatic carbocycles. The summed E-state index contributed by atoms with van der Waals surface area (Å²) in [7, 11) is -4.16. The Hall–Kier alpha value is -3.47. The van der Waals surface area contributed by atoms with Gasteiger partial charge in [0.25, 0.3) is 10.0 Å². The van der Waals surface area contributed by atoms with Crippen LogP contribution in [0.4, 0.5) is 4.79 Å². The molecule has 11 heteroatoms. The van der Waals surface area contributed by atoms with Gasteiger partial charge in [0.1, 0.15) is 15.7 Å². The summed E-state index contributed by atoms with van der Waals surface area (Å²) in [6, 6.07) is 18.7. The molecule has 0 bridgehead atoms. The molecule has 0 saturated carbocycles. The number of ether oxygens (including phenoxy) is 1. The zero-order valence-electron chi connectivity index (χ0n) is 23.1. The molecule has 4 aromatic rings. The van der Waals surface area contributed by atoms with Crippen LogP contribution in [0.5, 0.6) is 0 Å². The number of nitrogens with one attached hydrogen (secondary N) is 1. The third kappa shape index (κ3) is 7.44. The number of amides is 1. The van der Waals surface area contributed by atoms with Gasteiger partial charge in [-0.15, -0.1) is 11.3 Å². The summed E-state index contributed by atoms with van der Waals surface area (Å²) in [5, 5.41) is 0.127. The normalized spacial score (nSPS) is 11.5. The Morgan fingerprint density at radius 2 is 1.83 bits per heavy atom. The maximum atomic E-state index is 13.3. The van der Waals surface area contributed by atoms with E-state index >= 15 is 0 Å². The van der Waals surface area contributed by atoms with Crippen molar-refractivity contribution in [2.45, 2.75) is 50.8 Å². The molecule has 0 aliphatic rings. The molecule has 2 heterocycles. The first-order valence-electron chi connectivity index (χ1n) is 13.3. The molecule has 2 aromatic heterocycles. The van der Waals surface area contributed by atoms with Crippen LogP contribution < -0.4 is 4.72 Å². The summed E-state index contributed by atoms with van der Waals surface area (Å²) in [5.74, 6) is 0.891. The molecule has 8 nitrogen and oxygen atoms in total. The van der Waals surface area contributed by atoms with E-state index in [1.54, 1.807) is 4.57 Å². The van der Waals surface area contributed by atoms with E-state index in [9.17, 15) is 18.0 Å². The van der Waals surface area contributed by atoms with Gasteiger partial charge in [0.15, 0.2) is 11.4 Å². The van der Waals surface area contributed by atoms with Crippen molar-refractivity contribution < 1.29 is 22.7 Å². The Kier molecular flexibility index (Phi) is 10.0. The van der Waals surface area contributed by atoms with E-state index < -0.39 is 16.1 Å². The van der Waals surface area contributed by atoms with Crippen LogP contribution in [0.3, 0.4) is 0 Å². The lowest BCUT2D eigenvalue weighted by molar-refractivity contribution is 0.111. The van der Waals surface area contributed by atoms with Crippen LogP contribution in [0.1, 0.15) is 54.5 Å². The van der Waals surface area contributed by atoms with Crippen LogP contribution >= 0.6 is 22.9 Å². The predicted octanol–water partition coefficient (Wildman–Crippen LogP) is 7.21. The first kappa shape index (κ1) is 30.5. The lowest BCUT2D eigenvalue weighted by Crippen LogP contribution is -2.31. The maximum Gasteiger partial charge on any atom is 0.421 e. The van der Waals surface area contributed by atoms with Gasteiger partial charge >= 0.3 is 6.09 Å². The number of benzene rings is 2. The van der Waals surface area contributed by atoms with Crippen LogP contribution in [0, 0.1) is 5.92 Å². The van der Waals surface area contributed by atoms with Crippen LogP contribution in [0.15, 0.2) is 64.9 Å². The largest absolute Gasteiger partial charge is 0.449 e. The van der Waals surface area contributed by atoms with Crippen molar-refractivity contribution in [3.8, 4) is 22.5 Å². The number of sulfonamides is 1. The summed E-state index contributed by atoms with van der Waals surface area (Å²) in [6.45, 7) is 6.55. The average Bonchev–Trinajstić information content (AvgIpc) is 3.50. The maximum absolute atomic E-state index is 13.3. The van der Waals surface area contributed by atoms with Crippen molar-refractivity contribution in [3.05, 3.63) is 82.0 Å². The predicted molar refractivity (Wildman–Crippen MR) is 162 cm³/mol. The highest BCUT2D eigenvalue weighted by Crippen LogP contribution is 2.37. The van der Waals surface area contributed by atoms with Gasteiger partial charge < -0.3 is 9.30 Å². The summed E-state index contributed by atoms with van der Waals surface area (Å²) in [6.07, 6.45) is 1.87. The van der Waals surface area contributed by atoms with Crippen molar-refractivity contribution in [1.29, 1.82) is 0 Å². The lowest BCUT2D eigenvalue weighted by atomic mass is 10.0. The van der Waals surface area contributed by atoms with Gasteiger partial charge in [0.05, 0.1) is 6.61 Å². The Bertz CT molecular complexity index is 1610. The highest BCUT2D eigenvalue weighted by molar-refractivity contribution is 7.92. The van der Waals surface area contributed by atoms with Gasteiger partial charge in [0.2, 0.25) is 0 Å². The van der Waals surface area contributed by atoms with Crippen molar-refractivity contribution in [3.63, 3.8) is 0 Å². The lowest BCUT2D eigenvalue weighted by Gasteiger charge is -2.11. The van der Waals surface area contributed by atoms with Crippen molar-refractivity contribution in [2.24, 2.45) is 5.92 Å². The first-order valence-corrected chi connectivity index (χ1v) is 16.0. The van der Waals surface area contributed by atoms with Gasteiger partial charge in [-0.05, 0) is 36.0 Å². The van der Waals surface area contributed by atoms with Crippen LogP contribution in [0.25, 0.3) is 22.5 Å². The minimum Gasteiger partial charge on any atom is -0.449 e. The molecular weight excluding hydrogens is 582 g/mol. The van der Waals surface area contributed by atoms with E-state index in [-0.39, 0.29) is 21.7 Å². The molecule has 0 radical (unpaired) electrons. The quantitative estimate of drug-likeness (QED) is 0.134. The minimum atomic E-state index is -4.16. The number of imidazole rings is 1. The topological polar surface area (TPSA) is 107 Å². The molecule has 1 N–H and O–H groups in total. The molecular formula is C30H32ClN3O5S2. The number of hydrogen-bond donors (Lipinski definition) is 1. The number of halogens is 1. The smallest absolute Gasteiger partial charge is 0.421 e. The fourth-order valence-corrected chi connectivity index (χ4v) is 7.38. The monoisotopic (exact) mass is 613 g/mol. The molecule has 0 spiro atoms. The Morgan fingerprint density at radius 1 is 1.12 bits per heavy atom. The van der Waals surface area contributed by atoms with E-state index in [1.165, 1.54) is 0 Å². The number of unbranched alkanes of at least 4 members (excludes halogenated alkanes) is 1. The van der Waals surface area contributed by atoms with Crippen LogP contribution in [-0.4, -0.2) is 37.0 Å². The highest BCUT2D eigenvalue weighted by atomic mass is 35.5. The zero-order chi connectivity index (χ0) is 29.6. The minimum absolute atomic E-state index is 0.0596. The zero-order valence-corrected chi connectivity index (χ0v) is 25.5. The van der Waals surface area contributed by atoms with Gasteiger partial charge in [-0.25, -0.2) is 22.9 Å². The van der Waals surface area contributed by atoms with E-state index in [0.29, 0.717) is 48.5 Å². The van der Waals surface area contributed by atoms with Crippen molar-refractivity contribution in [2.75, 3.05) is 6.61 Å². The molecule has 0 aliphatic heterocycles. The molecule has 216 valence electrons. The molecule has 0 unspecified atom stereocenters. The number of aromatic nitrogens is 2. The Labute approximate surface area is 249 Å². The molecule has 0 saturated heterocycles. The molecule has 0 fully saturated rings. The molecule has 4 rings (SSSR count). The number of carbonyl (C=O) groups excluding carboxylic acids is 2. The number of thiophene rings is 1. The summed E-state index contributed by atoms with van der Waals surface area (Å²) in [4.78, 5) is 29.3. The fourth-order valence-electron chi connectivity index (χ4n) is 4.31. The number of carbonyl (C=O) groups is 2. The molecule has 41 heavy (non-hydrogen) atoms. The number of nitrogens with zero attached hydrogens (tertiary/aromatic N) is 2. The van der Waals surface area contributed by atoms with Gasteiger partial charge in [-0.3, -0.25) is 4.79 Å². The standard InChI is InChI=1S/C30H32ClN3O5S2/c1-4-5-15-39-30(36)33-41(37,38)29-25(17-24(40-29)16-20(2)3)22-13-11-21(12-14-22)18-34-26(19-35)27(31)32-28(34)23-9-7-6-8-10-23/h6-14,17,19-20H,4-5,15-16,18H2,1-3H3,(H,33,36). The van der Waals surface area contributed by atoms with Crippen molar-refractivity contribution >= 4 is 45.3 Å². The van der Waals surface area contributed by atoms with E-state index in [1.807, 2.05) is 67.6 Å². The molecule has 0 atom stereocenters. The van der Waals surface area contributed by atoms with Crippen molar-refractivity contribution in [1.82, 2.24) is 14.3 Å². The molecule has 1 amide bonds. The second-order valence-electron chi connectivity index (χ2n) is 9.99. The molecule has 0 aliphatic carbocycles. The number of rotatable bonds is 12. The first-order chi connectivity index (χ1) is 19.6. The SMILES string of the molecule is CCCCOC(=O)NS(=O)(=O)c1sc(CC(C)C)cc1-c1ccc(Cn2c(-c3ccccc3)nc(Cl)c2C=O)cc1.